The lowest BCUT2D eigenvalue weighted by molar-refractivity contribution is -0.123. The van der Waals surface area contributed by atoms with Crippen molar-refractivity contribution in [1.82, 2.24) is 5.43 Å². The lowest BCUT2D eigenvalue weighted by atomic mass is 10.2. The maximum absolute atomic E-state index is 11.8. The van der Waals surface area contributed by atoms with Crippen molar-refractivity contribution < 1.29 is 13.9 Å². The summed E-state index contributed by atoms with van der Waals surface area (Å²) in [6.45, 7) is 1.80. The van der Waals surface area contributed by atoms with Gasteiger partial charge in [0.25, 0.3) is 5.91 Å². The van der Waals surface area contributed by atoms with Gasteiger partial charge in [-0.1, -0.05) is 29.8 Å². The molecule has 0 aliphatic heterocycles. The predicted octanol–water partition coefficient (Wildman–Crippen LogP) is 4.44. The Morgan fingerprint density at radius 3 is 2.69 bits per heavy atom. The molecule has 5 nitrogen and oxygen atoms in total. The van der Waals surface area contributed by atoms with Gasteiger partial charge in [-0.25, -0.2) is 5.43 Å². The highest BCUT2D eigenvalue weighted by Gasteiger charge is 2.05. The Hall–Kier alpha value is -3.05. The van der Waals surface area contributed by atoms with Gasteiger partial charge >= 0.3 is 0 Å². The van der Waals surface area contributed by atoms with Crippen LogP contribution >= 0.6 is 11.6 Å². The van der Waals surface area contributed by atoms with E-state index in [1.54, 1.807) is 18.2 Å². The zero-order chi connectivity index (χ0) is 18.4. The minimum atomic E-state index is -0.353. The second kappa shape index (κ2) is 8.36. The van der Waals surface area contributed by atoms with Crippen molar-refractivity contribution >= 4 is 23.7 Å². The first-order valence-electron chi connectivity index (χ1n) is 7.98. The molecule has 6 heteroatoms. The summed E-state index contributed by atoms with van der Waals surface area (Å²) in [6, 6.07) is 18.4. The number of rotatable bonds is 6. The first-order valence-corrected chi connectivity index (χ1v) is 8.36. The number of hydrogen-bond acceptors (Lipinski definition) is 4. The van der Waals surface area contributed by atoms with Gasteiger partial charge in [0.15, 0.2) is 6.61 Å². The molecule has 26 heavy (non-hydrogen) atoms. The van der Waals surface area contributed by atoms with Crippen LogP contribution in [0.5, 0.6) is 5.75 Å². The van der Waals surface area contributed by atoms with Crippen LogP contribution in [0.1, 0.15) is 11.3 Å². The molecule has 3 rings (SSSR count). The smallest absolute Gasteiger partial charge is 0.277 e. The average Bonchev–Trinajstić information content (AvgIpc) is 3.10. The summed E-state index contributed by atoms with van der Waals surface area (Å²) >= 11 is 5.87. The summed E-state index contributed by atoms with van der Waals surface area (Å²) in [5.74, 6) is 1.53. The molecular weight excluding hydrogens is 352 g/mol. The number of hydrogen-bond donors (Lipinski definition) is 1. The van der Waals surface area contributed by atoms with Crippen molar-refractivity contribution in [2.24, 2.45) is 5.10 Å². The van der Waals surface area contributed by atoms with Crippen molar-refractivity contribution in [3.05, 3.63) is 77.0 Å². The Labute approximate surface area is 156 Å². The number of furan rings is 1. The monoisotopic (exact) mass is 368 g/mol. The molecule has 1 aromatic heterocycles. The van der Waals surface area contributed by atoms with Crippen LogP contribution in [0.4, 0.5) is 0 Å². The van der Waals surface area contributed by atoms with Gasteiger partial charge in [-0.2, -0.15) is 5.10 Å². The molecule has 0 spiro atoms. The van der Waals surface area contributed by atoms with Gasteiger partial charge in [-0.3, -0.25) is 4.79 Å². The first kappa shape index (κ1) is 17.8. The summed E-state index contributed by atoms with van der Waals surface area (Å²) in [7, 11) is 0. The van der Waals surface area contributed by atoms with Crippen molar-refractivity contribution in [3.63, 3.8) is 0 Å². The highest BCUT2D eigenvalue weighted by atomic mass is 35.5. The standard InChI is InChI=1S/C20H17ClN2O3/c1-14-4-2-3-5-18(14)25-13-20(24)23-22-12-17-10-11-19(26-17)15-6-8-16(21)9-7-15/h2-12H,13H2,1H3,(H,23,24). The van der Waals surface area contributed by atoms with Crippen molar-refractivity contribution in [2.45, 2.75) is 6.92 Å². The van der Waals surface area contributed by atoms with Gasteiger partial charge in [0.05, 0.1) is 6.21 Å². The van der Waals surface area contributed by atoms with E-state index in [1.165, 1.54) is 6.21 Å². The van der Waals surface area contributed by atoms with Crippen LogP contribution in [0.3, 0.4) is 0 Å². The lowest BCUT2D eigenvalue weighted by Crippen LogP contribution is -2.24. The van der Waals surface area contributed by atoms with Crippen molar-refractivity contribution in [3.8, 4) is 17.1 Å². The Kier molecular flexibility index (Phi) is 5.71. The highest BCUT2D eigenvalue weighted by Crippen LogP contribution is 2.23. The minimum Gasteiger partial charge on any atom is -0.483 e. The maximum atomic E-state index is 11.8. The zero-order valence-electron chi connectivity index (χ0n) is 14.1. The maximum Gasteiger partial charge on any atom is 0.277 e. The number of para-hydroxylation sites is 1. The molecule has 1 amide bonds. The van der Waals surface area contributed by atoms with Crippen molar-refractivity contribution in [1.29, 1.82) is 0 Å². The van der Waals surface area contributed by atoms with E-state index in [4.69, 9.17) is 20.8 Å². The predicted molar refractivity (Wildman–Crippen MR) is 102 cm³/mol. The van der Waals surface area contributed by atoms with Crippen LogP contribution in [0, 0.1) is 6.92 Å². The number of carbonyl (C=O) groups is 1. The highest BCUT2D eigenvalue weighted by molar-refractivity contribution is 6.30. The zero-order valence-corrected chi connectivity index (χ0v) is 14.9. The molecule has 0 radical (unpaired) electrons. The molecule has 0 saturated carbocycles. The Morgan fingerprint density at radius 1 is 1.15 bits per heavy atom. The summed E-state index contributed by atoms with van der Waals surface area (Å²) in [5, 5.41) is 4.54. The summed E-state index contributed by atoms with van der Waals surface area (Å²) in [6.07, 6.45) is 1.44. The molecule has 3 aromatic rings. The fraction of sp³-hybridized carbons (Fsp3) is 0.100. The van der Waals surface area contributed by atoms with E-state index in [1.807, 2.05) is 49.4 Å². The second-order valence-corrected chi connectivity index (χ2v) is 5.99. The van der Waals surface area contributed by atoms with Gasteiger partial charge in [0.1, 0.15) is 17.3 Å². The van der Waals surface area contributed by atoms with Crippen LogP contribution in [0.15, 0.2) is 70.2 Å². The third kappa shape index (κ3) is 4.74. The topological polar surface area (TPSA) is 63.8 Å². The number of halogens is 1. The molecule has 0 bridgehead atoms. The van der Waals surface area contributed by atoms with E-state index in [0.717, 1.165) is 11.1 Å². The van der Waals surface area contributed by atoms with Crippen LogP contribution < -0.4 is 10.2 Å². The van der Waals surface area contributed by atoms with Gasteiger partial charge in [0, 0.05) is 10.6 Å². The number of aryl methyl sites for hydroxylation is 1. The SMILES string of the molecule is Cc1ccccc1OCC(=O)NN=Cc1ccc(-c2ccc(Cl)cc2)o1. The van der Waals surface area contributed by atoms with Crippen LogP contribution in [0.25, 0.3) is 11.3 Å². The number of carbonyl (C=O) groups excluding carboxylic acids is 1. The van der Waals surface area contributed by atoms with E-state index in [2.05, 4.69) is 10.5 Å². The molecule has 0 fully saturated rings. The van der Waals surface area contributed by atoms with E-state index in [9.17, 15) is 4.79 Å². The third-order valence-corrected chi connectivity index (χ3v) is 3.84. The van der Waals surface area contributed by atoms with Gasteiger partial charge in [-0.15, -0.1) is 0 Å². The quantitative estimate of drug-likeness (QED) is 0.517. The van der Waals surface area contributed by atoms with E-state index < -0.39 is 0 Å². The van der Waals surface area contributed by atoms with Crippen LogP contribution in [-0.4, -0.2) is 18.7 Å². The number of ether oxygens (including phenoxy) is 1. The fourth-order valence-electron chi connectivity index (χ4n) is 2.25. The number of nitrogens with one attached hydrogen (secondary N) is 1. The number of hydrazone groups is 1. The van der Waals surface area contributed by atoms with E-state index >= 15 is 0 Å². The molecule has 132 valence electrons. The summed E-state index contributed by atoms with van der Waals surface area (Å²) in [5.41, 5.74) is 4.28. The lowest BCUT2D eigenvalue weighted by Gasteiger charge is -2.07. The molecule has 0 aliphatic carbocycles. The van der Waals surface area contributed by atoms with Crippen LogP contribution in [-0.2, 0) is 4.79 Å². The minimum absolute atomic E-state index is 0.115. The number of nitrogens with zero attached hydrogens (tertiary/aromatic N) is 1. The van der Waals surface area contributed by atoms with Crippen molar-refractivity contribution in [2.75, 3.05) is 6.61 Å². The number of amides is 1. The fourth-order valence-corrected chi connectivity index (χ4v) is 2.38. The molecule has 0 aliphatic rings. The molecular formula is C20H17ClN2O3. The Balaban J connectivity index is 1.51. The summed E-state index contributed by atoms with van der Waals surface area (Å²) < 4.78 is 11.1. The molecule has 0 atom stereocenters. The average molecular weight is 369 g/mol. The Bertz CT molecular complexity index is 917. The number of benzene rings is 2. The third-order valence-electron chi connectivity index (χ3n) is 3.59. The molecule has 0 unspecified atom stereocenters. The van der Waals surface area contributed by atoms with Gasteiger partial charge in [0.2, 0.25) is 0 Å². The molecule has 2 aromatic carbocycles. The first-order chi connectivity index (χ1) is 12.6. The largest absolute Gasteiger partial charge is 0.483 e. The molecule has 1 heterocycles. The van der Waals surface area contributed by atoms with Gasteiger partial charge < -0.3 is 9.15 Å². The van der Waals surface area contributed by atoms with Gasteiger partial charge in [-0.05, 0) is 55.0 Å². The molecule has 1 N–H and O–H groups in total. The normalized spacial score (nSPS) is 10.8. The Morgan fingerprint density at radius 2 is 1.92 bits per heavy atom. The van der Waals surface area contributed by atoms with E-state index in [-0.39, 0.29) is 12.5 Å². The second-order valence-electron chi connectivity index (χ2n) is 5.56. The van der Waals surface area contributed by atoms with Crippen LogP contribution in [0.2, 0.25) is 5.02 Å². The molecule has 0 saturated heterocycles. The summed E-state index contributed by atoms with van der Waals surface area (Å²) in [4.78, 5) is 11.8. The van der Waals surface area contributed by atoms with E-state index in [0.29, 0.717) is 22.3 Å².